The van der Waals surface area contributed by atoms with Crippen molar-refractivity contribution < 1.29 is 24.3 Å². The number of hydrogen-bond acceptors (Lipinski definition) is 6. The van der Waals surface area contributed by atoms with Gasteiger partial charge in [-0.1, -0.05) is 72.1 Å². The van der Waals surface area contributed by atoms with E-state index in [9.17, 15) is 14.8 Å². The van der Waals surface area contributed by atoms with Crippen LogP contribution in [-0.2, 0) is 19.1 Å². The highest BCUT2D eigenvalue weighted by Crippen LogP contribution is 2.23. The molecule has 0 rings (SSSR count). The molecule has 0 saturated heterocycles. The SMILES string of the molecule is C=C/C=C(\C=C)COC(=O)[C@@H](C)OC(=O)[C@H](CC(C)(C)C)N(C)O.C=CC.CC. The average Bonchev–Trinajstić information content (AvgIpc) is 2.64. The number of esters is 2. The van der Waals surface area contributed by atoms with E-state index in [-0.39, 0.29) is 12.0 Å². The van der Waals surface area contributed by atoms with Gasteiger partial charge in [0.1, 0.15) is 12.6 Å². The van der Waals surface area contributed by atoms with Crippen LogP contribution in [0, 0.1) is 5.41 Å². The largest absolute Gasteiger partial charge is 0.458 e. The number of rotatable bonds is 9. The maximum absolute atomic E-state index is 12.2. The maximum atomic E-state index is 12.2. The first-order chi connectivity index (χ1) is 13.4. The van der Waals surface area contributed by atoms with Gasteiger partial charge in [-0.3, -0.25) is 4.79 Å². The van der Waals surface area contributed by atoms with E-state index in [2.05, 4.69) is 19.7 Å². The molecule has 0 bridgehead atoms. The average molecular weight is 412 g/mol. The summed E-state index contributed by atoms with van der Waals surface area (Å²) in [6, 6.07) is -0.857. The fourth-order valence-electron chi connectivity index (χ4n) is 1.85. The van der Waals surface area contributed by atoms with Crippen LogP contribution in [0.4, 0.5) is 0 Å². The van der Waals surface area contributed by atoms with Crippen molar-refractivity contribution in [2.75, 3.05) is 13.7 Å². The molecule has 1 N–H and O–H groups in total. The number of likely N-dealkylation sites (N-methyl/N-ethyl adjacent to an activating group) is 1. The van der Waals surface area contributed by atoms with Crippen molar-refractivity contribution in [2.45, 2.75) is 67.0 Å². The zero-order chi connectivity index (χ0) is 23.6. The number of ether oxygens (including phenoxy) is 2. The predicted molar refractivity (Wildman–Crippen MR) is 120 cm³/mol. The molecule has 2 atom stereocenters. The summed E-state index contributed by atoms with van der Waals surface area (Å²) in [4.78, 5) is 24.1. The summed E-state index contributed by atoms with van der Waals surface area (Å²) in [6.45, 7) is 23.7. The van der Waals surface area contributed by atoms with Gasteiger partial charge in [0, 0.05) is 7.05 Å². The fourth-order valence-corrected chi connectivity index (χ4v) is 1.85. The summed E-state index contributed by atoms with van der Waals surface area (Å²) in [5.74, 6) is -1.35. The molecule has 0 aliphatic heterocycles. The summed E-state index contributed by atoms with van der Waals surface area (Å²) >= 11 is 0. The predicted octanol–water partition coefficient (Wildman–Crippen LogP) is 5.10. The maximum Gasteiger partial charge on any atom is 0.347 e. The molecule has 0 aromatic heterocycles. The van der Waals surface area contributed by atoms with E-state index in [1.54, 1.807) is 24.3 Å². The fraction of sp³-hybridized carbons (Fsp3) is 0.565. The van der Waals surface area contributed by atoms with Crippen molar-refractivity contribution in [3.63, 3.8) is 0 Å². The van der Waals surface area contributed by atoms with Crippen LogP contribution in [-0.4, -0.2) is 48.0 Å². The van der Waals surface area contributed by atoms with E-state index in [0.29, 0.717) is 12.0 Å². The number of allylic oxidation sites excluding steroid dienone is 3. The molecule has 0 aromatic rings. The number of nitrogens with zero attached hydrogens (tertiary/aromatic N) is 1. The van der Waals surface area contributed by atoms with Crippen LogP contribution in [0.15, 0.2) is 49.6 Å². The van der Waals surface area contributed by atoms with Gasteiger partial charge in [-0.2, -0.15) is 5.06 Å². The van der Waals surface area contributed by atoms with Crippen LogP contribution in [0.3, 0.4) is 0 Å². The minimum Gasteiger partial charge on any atom is -0.458 e. The lowest BCUT2D eigenvalue weighted by Crippen LogP contribution is -2.42. The highest BCUT2D eigenvalue weighted by molar-refractivity contribution is 5.81. The van der Waals surface area contributed by atoms with Gasteiger partial charge in [0.15, 0.2) is 6.10 Å². The number of carbonyl (C=O) groups is 2. The smallest absolute Gasteiger partial charge is 0.347 e. The monoisotopic (exact) mass is 411 g/mol. The Morgan fingerprint density at radius 2 is 1.62 bits per heavy atom. The Balaban J connectivity index is -0.00000123. The molecule has 6 nitrogen and oxygen atoms in total. The van der Waals surface area contributed by atoms with Crippen LogP contribution in [0.2, 0.25) is 0 Å². The first-order valence-electron chi connectivity index (χ1n) is 9.73. The van der Waals surface area contributed by atoms with Gasteiger partial charge in [-0.15, -0.1) is 6.58 Å². The van der Waals surface area contributed by atoms with Gasteiger partial charge in [0.2, 0.25) is 0 Å². The minimum absolute atomic E-state index is 0.0154. The Morgan fingerprint density at radius 3 is 1.97 bits per heavy atom. The normalized spacial score (nSPS) is 12.8. The van der Waals surface area contributed by atoms with E-state index in [1.165, 1.54) is 14.0 Å². The Hall–Kier alpha value is -2.18. The second-order valence-corrected chi connectivity index (χ2v) is 7.13. The minimum atomic E-state index is -1.07. The van der Waals surface area contributed by atoms with Gasteiger partial charge < -0.3 is 14.7 Å². The van der Waals surface area contributed by atoms with Crippen molar-refractivity contribution >= 4 is 11.9 Å². The molecular weight excluding hydrogens is 370 g/mol. The van der Waals surface area contributed by atoms with Gasteiger partial charge >= 0.3 is 11.9 Å². The zero-order valence-electron chi connectivity index (χ0n) is 19.5. The number of carbonyl (C=O) groups excluding carboxylic acids is 2. The van der Waals surface area contributed by atoms with Crippen molar-refractivity contribution in [3.8, 4) is 0 Å². The molecule has 0 saturated carbocycles. The second-order valence-electron chi connectivity index (χ2n) is 7.13. The summed E-state index contributed by atoms with van der Waals surface area (Å²) in [5, 5.41) is 10.5. The second kappa shape index (κ2) is 17.9. The van der Waals surface area contributed by atoms with Crippen molar-refractivity contribution in [3.05, 3.63) is 49.6 Å². The molecule has 29 heavy (non-hydrogen) atoms. The first kappa shape index (κ1) is 31.5. The molecular formula is C23H41NO5. The first-order valence-corrected chi connectivity index (χ1v) is 9.73. The molecule has 6 heteroatoms. The van der Waals surface area contributed by atoms with Crippen LogP contribution < -0.4 is 0 Å². The summed E-state index contributed by atoms with van der Waals surface area (Å²) < 4.78 is 10.2. The van der Waals surface area contributed by atoms with Gasteiger partial charge in [0.25, 0.3) is 0 Å². The summed E-state index contributed by atoms with van der Waals surface area (Å²) in [7, 11) is 1.37. The molecule has 0 heterocycles. The third-order valence-corrected chi connectivity index (χ3v) is 3.13. The molecule has 0 radical (unpaired) electrons. The van der Waals surface area contributed by atoms with Crippen molar-refractivity contribution in [1.82, 2.24) is 5.06 Å². The van der Waals surface area contributed by atoms with Crippen molar-refractivity contribution in [2.24, 2.45) is 5.41 Å². The highest BCUT2D eigenvalue weighted by Gasteiger charge is 2.31. The molecule has 0 amide bonds. The highest BCUT2D eigenvalue weighted by atomic mass is 16.6. The van der Waals surface area contributed by atoms with Crippen LogP contribution in [0.1, 0.15) is 54.9 Å². The molecule has 0 fully saturated rings. The standard InChI is InChI=1S/C18H29NO5.C3H6.C2H6/c1-8-10-14(9-2)12-23-16(20)13(3)24-17(21)15(19(7)22)11-18(4,5)6;1-3-2;1-2/h8-10,13,15,22H,1-2,11-12H2,3-7H3;3H,1H2,2H3;1-2H3/b14-10+;;/t13-,15+;;/m1../s1. The lowest BCUT2D eigenvalue weighted by molar-refractivity contribution is -0.182. The zero-order valence-corrected chi connectivity index (χ0v) is 19.5. The third kappa shape index (κ3) is 17.6. The molecule has 0 aliphatic rings. The molecule has 168 valence electrons. The van der Waals surface area contributed by atoms with Crippen LogP contribution in [0.25, 0.3) is 0 Å². The topological polar surface area (TPSA) is 76.1 Å². The lowest BCUT2D eigenvalue weighted by Gasteiger charge is -2.28. The van der Waals surface area contributed by atoms with Crippen molar-refractivity contribution in [1.29, 1.82) is 0 Å². The van der Waals surface area contributed by atoms with Crippen LogP contribution in [0.5, 0.6) is 0 Å². The Kier molecular flexibility index (Phi) is 19.4. The van der Waals surface area contributed by atoms with E-state index in [0.717, 1.165) is 5.06 Å². The van der Waals surface area contributed by atoms with E-state index in [1.807, 2.05) is 41.5 Å². The molecule has 0 aliphatic carbocycles. The van der Waals surface area contributed by atoms with Gasteiger partial charge in [-0.05, 0) is 31.3 Å². The van der Waals surface area contributed by atoms with Gasteiger partial charge in [0.05, 0.1) is 0 Å². The molecule has 0 aromatic carbocycles. The Labute approximate surface area is 177 Å². The third-order valence-electron chi connectivity index (χ3n) is 3.13. The van der Waals surface area contributed by atoms with E-state index in [4.69, 9.17) is 9.47 Å². The van der Waals surface area contributed by atoms with E-state index >= 15 is 0 Å². The van der Waals surface area contributed by atoms with Gasteiger partial charge in [-0.25, -0.2) is 4.79 Å². The summed E-state index contributed by atoms with van der Waals surface area (Å²) in [6.07, 6.45) is 5.82. The Morgan fingerprint density at radius 1 is 1.14 bits per heavy atom. The number of hydrogen-bond donors (Lipinski definition) is 1. The molecule has 0 spiro atoms. The Bertz CT molecular complexity index is 530. The lowest BCUT2D eigenvalue weighted by atomic mass is 9.88. The quantitative estimate of drug-likeness (QED) is 0.246. The van der Waals surface area contributed by atoms with E-state index < -0.39 is 24.1 Å². The summed E-state index contributed by atoms with van der Waals surface area (Å²) in [5.41, 5.74) is 0.483. The molecule has 0 unspecified atom stereocenters. The van der Waals surface area contributed by atoms with Crippen LogP contribution >= 0.6 is 0 Å². The number of hydroxylamine groups is 2.